The largest absolute Gasteiger partial charge is 0.336 e. The number of nitrogens with zero attached hydrogens (tertiary/aromatic N) is 1. The van der Waals surface area contributed by atoms with E-state index < -0.39 is 20.7 Å². The highest BCUT2D eigenvalue weighted by molar-refractivity contribution is 7.89. The number of primary sulfonamides is 1. The number of carbonyl (C=O) groups excluding carboxylic acids is 1. The van der Waals surface area contributed by atoms with Crippen molar-refractivity contribution in [3.63, 3.8) is 0 Å². The number of benzene rings is 1. The fraction of sp³-hybridized carbons (Fsp3) is 0.462. The van der Waals surface area contributed by atoms with Crippen LogP contribution in [0.5, 0.6) is 0 Å². The van der Waals surface area contributed by atoms with Crippen molar-refractivity contribution in [3.05, 3.63) is 29.6 Å². The zero-order valence-corrected chi connectivity index (χ0v) is 13.7. The minimum absolute atomic E-state index is 0. The molecule has 0 spiro atoms. The monoisotopic (exact) mass is 351 g/mol. The number of rotatable bonds is 3. The first-order chi connectivity index (χ1) is 9.74. The highest BCUT2D eigenvalue weighted by Gasteiger charge is 2.32. The molecule has 0 saturated carbocycles. The quantitative estimate of drug-likeness (QED) is 0.836. The summed E-state index contributed by atoms with van der Waals surface area (Å²) in [5.74, 6) is -1.12. The van der Waals surface area contributed by atoms with Crippen molar-refractivity contribution in [2.75, 3.05) is 13.1 Å². The van der Waals surface area contributed by atoms with Crippen LogP contribution in [0.25, 0.3) is 0 Å². The Bertz CT molecular complexity index is 668. The van der Waals surface area contributed by atoms with Crippen LogP contribution in [-0.2, 0) is 10.0 Å². The lowest BCUT2D eigenvalue weighted by atomic mass is 10.1. The van der Waals surface area contributed by atoms with Crippen LogP contribution >= 0.6 is 12.4 Å². The highest BCUT2D eigenvalue weighted by Crippen LogP contribution is 2.25. The van der Waals surface area contributed by atoms with Crippen LogP contribution in [0.1, 0.15) is 23.7 Å². The second kappa shape index (κ2) is 6.91. The minimum atomic E-state index is -4.13. The molecular weight excluding hydrogens is 333 g/mol. The summed E-state index contributed by atoms with van der Waals surface area (Å²) in [6.45, 7) is 2.92. The molecule has 1 aromatic rings. The molecule has 1 fully saturated rings. The topological polar surface area (TPSA) is 106 Å². The predicted octanol–water partition coefficient (Wildman–Crippen LogP) is 0.704. The first-order valence-corrected chi connectivity index (χ1v) is 8.12. The van der Waals surface area contributed by atoms with Crippen LogP contribution in [0.15, 0.2) is 23.1 Å². The predicted molar refractivity (Wildman–Crippen MR) is 82.7 cm³/mol. The van der Waals surface area contributed by atoms with Gasteiger partial charge in [-0.1, -0.05) is 0 Å². The van der Waals surface area contributed by atoms with E-state index >= 15 is 0 Å². The van der Waals surface area contributed by atoms with Gasteiger partial charge in [0.2, 0.25) is 10.0 Å². The molecule has 1 heterocycles. The fourth-order valence-corrected chi connectivity index (χ4v) is 3.22. The summed E-state index contributed by atoms with van der Waals surface area (Å²) >= 11 is 0. The second-order valence-electron chi connectivity index (χ2n) is 5.33. The van der Waals surface area contributed by atoms with E-state index in [9.17, 15) is 17.6 Å². The highest BCUT2D eigenvalue weighted by atomic mass is 35.5. The Kier molecular flexibility index (Phi) is 5.91. The van der Waals surface area contributed by atoms with Crippen molar-refractivity contribution in [1.29, 1.82) is 0 Å². The molecule has 124 valence electrons. The number of halogens is 2. The Hall–Kier alpha value is -1.22. The van der Waals surface area contributed by atoms with Crippen molar-refractivity contribution >= 4 is 28.3 Å². The van der Waals surface area contributed by atoms with Gasteiger partial charge < -0.3 is 10.6 Å². The molecule has 1 saturated heterocycles. The lowest BCUT2D eigenvalue weighted by molar-refractivity contribution is 0.0742. The molecule has 1 amide bonds. The van der Waals surface area contributed by atoms with Crippen LogP contribution in [0, 0.1) is 11.7 Å². The van der Waals surface area contributed by atoms with Gasteiger partial charge in [0.1, 0.15) is 10.7 Å². The maximum Gasteiger partial charge on any atom is 0.254 e. The summed E-state index contributed by atoms with van der Waals surface area (Å²) in [4.78, 5) is 13.4. The first kappa shape index (κ1) is 18.8. The van der Waals surface area contributed by atoms with E-state index in [4.69, 9.17) is 10.9 Å². The van der Waals surface area contributed by atoms with Crippen molar-refractivity contribution in [2.24, 2.45) is 16.8 Å². The molecule has 1 aliphatic heterocycles. The van der Waals surface area contributed by atoms with E-state index in [1.54, 1.807) is 4.90 Å². The summed E-state index contributed by atoms with van der Waals surface area (Å²) in [7, 11) is -4.13. The molecule has 22 heavy (non-hydrogen) atoms. The smallest absolute Gasteiger partial charge is 0.254 e. The summed E-state index contributed by atoms with van der Waals surface area (Å²) in [5.41, 5.74) is 5.71. The van der Waals surface area contributed by atoms with Crippen LogP contribution < -0.4 is 10.9 Å². The van der Waals surface area contributed by atoms with Gasteiger partial charge in [-0.25, -0.2) is 17.9 Å². The maximum absolute atomic E-state index is 13.8. The van der Waals surface area contributed by atoms with Crippen LogP contribution in [0.4, 0.5) is 4.39 Å². The summed E-state index contributed by atoms with van der Waals surface area (Å²) < 4.78 is 36.1. The van der Waals surface area contributed by atoms with Gasteiger partial charge in [-0.15, -0.1) is 12.4 Å². The molecular formula is C13H19ClFN3O3S. The molecule has 1 aromatic carbocycles. The average Bonchev–Trinajstić information content (AvgIpc) is 2.77. The third kappa shape index (κ3) is 3.75. The number of amides is 1. The van der Waals surface area contributed by atoms with Gasteiger partial charge in [0.25, 0.3) is 5.91 Å². The molecule has 0 bridgehead atoms. The number of sulfonamides is 1. The van der Waals surface area contributed by atoms with E-state index in [-0.39, 0.29) is 35.8 Å². The van der Waals surface area contributed by atoms with Gasteiger partial charge in [-0.3, -0.25) is 4.79 Å². The molecule has 9 heteroatoms. The van der Waals surface area contributed by atoms with Crippen molar-refractivity contribution < 1.29 is 17.6 Å². The average molecular weight is 352 g/mol. The molecule has 0 aliphatic carbocycles. The second-order valence-corrected chi connectivity index (χ2v) is 6.86. The van der Waals surface area contributed by atoms with Gasteiger partial charge in [-0.05, 0) is 44.0 Å². The van der Waals surface area contributed by atoms with Gasteiger partial charge in [0.15, 0.2) is 0 Å². The third-order valence-corrected chi connectivity index (χ3v) is 4.69. The third-order valence-electron chi connectivity index (χ3n) is 3.74. The summed E-state index contributed by atoms with van der Waals surface area (Å²) in [6.07, 6.45) is 0.806. The zero-order valence-electron chi connectivity index (χ0n) is 12.0. The number of hydrogen-bond donors (Lipinski definition) is 2. The van der Waals surface area contributed by atoms with Crippen molar-refractivity contribution in [2.45, 2.75) is 24.3 Å². The Balaban J connectivity index is 0.00000242. The Labute approximate surface area is 135 Å². The first-order valence-electron chi connectivity index (χ1n) is 6.57. The fourth-order valence-electron chi connectivity index (χ4n) is 2.63. The standard InChI is InChI=1S/C13H18FN3O3S.ClH/c1-8-4-9(6-15)7-17(8)13(18)10-2-3-12(11(14)5-10)21(16,19)20;/h2-3,5,8-9H,4,6-7,15H2,1H3,(H2,16,19,20);1H. The lowest BCUT2D eigenvalue weighted by Crippen LogP contribution is -2.34. The lowest BCUT2D eigenvalue weighted by Gasteiger charge is -2.21. The molecule has 6 nitrogen and oxygen atoms in total. The van der Waals surface area contributed by atoms with Crippen LogP contribution in [-0.4, -0.2) is 38.4 Å². The van der Waals surface area contributed by atoms with E-state index in [1.807, 2.05) is 6.92 Å². The van der Waals surface area contributed by atoms with Crippen LogP contribution in [0.2, 0.25) is 0 Å². The molecule has 0 radical (unpaired) electrons. The van der Waals surface area contributed by atoms with Gasteiger partial charge in [-0.2, -0.15) is 0 Å². The number of carbonyl (C=O) groups is 1. The number of hydrogen-bond acceptors (Lipinski definition) is 4. The molecule has 2 atom stereocenters. The molecule has 2 unspecified atom stereocenters. The minimum Gasteiger partial charge on any atom is -0.336 e. The SMILES string of the molecule is CC1CC(CN)CN1C(=O)c1ccc(S(N)(=O)=O)c(F)c1.Cl. The van der Waals surface area contributed by atoms with E-state index in [2.05, 4.69) is 0 Å². The maximum atomic E-state index is 13.8. The number of likely N-dealkylation sites (tertiary alicyclic amines) is 1. The molecule has 4 N–H and O–H groups in total. The zero-order chi connectivity index (χ0) is 15.8. The Morgan fingerprint density at radius 2 is 2.09 bits per heavy atom. The molecule has 1 aliphatic rings. The van der Waals surface area contributed by atoms with Crippen LogP contribution in [0.3, 0.4) is 0 Å². The summed E-state index contributed by atoms with van der Waals surface area (Å²) in [5, 5.41) is 4.89. The van der Waals surface area contributed by atoms with E-state index in [1.165, 1.54) is 6.07 Å². The van der Waals surface area contributed by atoms with Gasteiger partial charge >= 0.3 is 0 Å². The molecule has 2 rings (SSSR count). The molecule has 0 aromatic heterocycles. The van der Waals surface area contributed by atoms with Crippen molar-refractivity contribution in [1.82, 2.24) is 4.90 Å². The van der Waals surface area contributed by atoms with Gasteiger partial charge in [0.05, 0.1) is 0 Å². The number of nitrogens with two attached hydrogens (primary N) is 2. The van der Waals surface area contributed by atoms with E-state index in [0.29, 0.717) is 13.1 Å². The normalized spacial score (nSPS) is 21.5. The summed E-state index contributed by atoms with van der Waals surface area (Å²) in [6, 6.07) is 3.21. The van der Waals surface area contributed by atoms with Crippen molar-refractivity contribution in [3.8, 4) is 0 Å². The van der Waals surface area contributed by atoms with E-state index in [0.717, 1.165) is 18.6 Å². The Morgan fingerprint density at radius 1 is 1.45 bits per heavy atom. The van der Waals surface area contributed by atoms with Gasteiger partial charge in [0, 0.05) is 18.2 Å². The Morgan fingerprint density at radius 3 is 2.55 bits per heavy atom.